The van der Waals surface area contributed by atoms with Crippen molar-refractivity contribution < 1.29 is 4.74 Å². The van der Waals surface area contributed by atoms with Gasteiger partial charge in [0.2, 0.25) is 0 Å². The predicted octanol–water partition coefficient (Wildman–Crippen LogP) is 4.68. The molecule has 1 saturated carbocycles. The Bertz CT molecular complexity index is 1180. The molecule has 1 saturated heterocycles. The molecule has 2 atom stereocenters. The van der Waals surface area contributed by atoms with E-state index in [4.69, 9.17) is 4.74 Å². The van der Waals surface area contributed by atoms with Crippen molar-refractivity contribution in [2.45, 2.75) is 103 Å². The Labute approximate surface area is 207 Å². The fraction of sp³-hybridized carbons (Fsp3) is 0.630. The van der Waals surface area contributed by atoms with Crippen LogP contribution in [0, 0.1) is 6.92 Å². The van der Waals surface area contributed by atoms with Gasteiger partial charge in [0.05, 0.1) is 18.7 Å². The zero-order valence-electron chi connectivity index (χ0n) is 21.1. The van der Waals surface area contributed by atoms with Gasteiger partial charge < -0.3 is 9.72 Å². The molecule has 0 spiro atoms. The Kier molecular flexibility index (Phi) is 7.58. The Hall–Kier alpha value is -2.58. The fourth-order valence-corrected chi connectivity index (χ4v) is 5.87. The molecule has 35 heavy (non-hydrogen) atoms. The fourth-order valence-electron chi connectivity index (χ4n) is 5.87. The van der Waals surface area contributed by atoms with Crippen LogP contribution in [0.3, 0.4) is 0 Å². The van der Waals surface area contributed by atoms with Crippen molar-refractivity contribution in [3.63, 3.8) is 0 Å². The van der Waals surface area contributed by atoms with Gasteiger partial charge in [-0.05, 0) is 73.0 Å². The maximum atomic E-state index is 13.2. The van der Waals surface area contributed by atoms with E-state index in [0.717, 1.165) is 67.4 Å². The molecule has 8 heteroatoms. The van der Waals surface area contributed by atoms with Gasteiger partial charge in [0.1, 0.15) is 0 Å². The summed E-state index contributed by atoms with van der Waals surface area (Å²) in [6, 6.07) is 8.74. The predicted molar refractivity (Wildman–Crippen MR) is 136 cm³/mol. The number of nitrogens with zero attached hydrogens (tertiary/aromatic N) is 5. The molecule has 0 unspecified atom stereocenters. The summed E-state index contributed by atoms with van der Waals surface area (Å²) in [6.45, 7) is 6.41. The molecule has 0 amide bonds. The van der Waals surface area contributed by atoms with E-state index in [1.54, 1.807) is 0 Å². The van der Waals surface area contributed by atoms with Gasteiger partial charge in [0.25, 0.3) is 5.56 Å². The van der Waals surface area contributed by atoms with E-state index in [1.807, 2.05) is 16.8 Å². The SMILES string of the molecule is CCC[C@H](c1nnnn1C[C@H]1CCCO1)N(Cc1cc2cc(C)ccc2[nH]c1=O)C1CCCCC1. The average molecular weight is 479 g/mol. The Morgan fingerprint density at radius 2 is 2.03 bits per heavy atom. The van der Waals surface area contributed by atoms with E-state index in [1.165, 1.54) is 24.8 Å². The molecule has 8 nitrogen and oxygen atoms in total. The quantitative estimate of drug-likeness (QED) is 0.480. The van der Waals surface area contributed by atoms with Gasteiger partial charge in [0, 0.05) is 30.3 Å². The highest BCUT2D eigenvalue weighted by atomic mass is 16.5. The zero-order valence-corrected chi connectivity index (χ0v) is 21.1. The van der Waals surface area contributed by atoms with Gasteiger partial charge in [-0.2, -0.15) is 0 Å². The number of pyridine rings is 1. The first-order valence-electron chi connectivity index (χ1n) is 13.4. The molecule has 0 bridgehead atoms. The van der Waals surface area contributed by atoms with Gasteiger partial charge in [-0.15, -0.1) is 5.10 Å². The first kappa shape index (κ1) is 24.1. The van der Waals surface area contributed by atoms with E-state index in [0.29, 0.717) is 19.1 Å². The van der Waals surface area contributed by atoms with Crippen LogP contribution < -0.4 is 5.56 Å². The van der Waals surface area contributed by atoms with E-state index >= 15 is 0 Å². The number of benzene rings is 1. The van der Waals surface area contributed by atoms with Crippen LogP contribution in [0.25, 0.3) is 10.9 Å². The van der Waals surface area contributed by atoms with Crippen molar-refractivity contribution in [3.8, 4) is 0 Å². The van der Waals surface area contributed by atoms with Crippen molar-refractivity contribution in [2.24, 2.45) is 0 Å². The maximum Gasteiger partial charge on any atom is 0.252 e. The first-order valence-corrected chi connectivity index (χ1v) is 13.4. The van der Waals surface area contributed by atoms with E-state index in [-0.39, 0.29) is 17.7 Å². The summed E-state index contributed by atoms with van der Waals surface area (Å²) in [5.41, 5.74) is 2.89. The van der Waals surface area contributed by atoms with Gasteiger partial charge in [-0.25, -0.2) is 4.68 Å². The molecule has 1 aromatic carbocycles. The minimum atomic E-state index is -0.00337. The molecule has 1 N–H and O–H groups in total. The second-order valence-electron chi connectivity index (χ2n) is 10.3. The Morgan fingerprint density at radius 1 is 1.17 bits per heavy atom. The smallest absolute Gasteiger partial charge is 0.252 e. The van der Waals surface area contributed by atoms with Crippen molar-refractivity contribution in [1.82, 2.24) is 30.1 Å². The lowest BCUT2D eigenvalue weighted by atomic mass is 9.91. The number of hydrogen-bond acceptors (Lipinski definition) is 6. The van der Waals surface area contributed by atoms with Gasteiger partial charge in [0.15, 0.2) is 5.82 Å². The number of aromatic amines is 1. The second kappa shape index (κ2) is 11.0. The molecule has 5 rings (SSSR count). The number of hydrogen-bond donors (Lipinski definition) is 1. The van der Waals surface area contributed by atoms with E-state index < -0.39 is 0 Å². The molecule has 188 valence electrons. The van der Waals surface area contributed by atoms with Gasteiger partial charge in [-0.3, -0.25) is 9.69 Å². The summed E-state index contributed by atoms with van der Waals surface area (Å²) in [7, 11) is 0. The summed E-state index contributed by atoms with van der Waals surface area (Å²) in [6.07, 6.45) is 10.3. The van der Waals surface area contributed by atoms with Crippen LogP contribution >= 0.6 is 0 Å². The van der Waals surface area contributed by atoms with E-state index in [2.05, 4.69) is 51.4 Å². The van der Waals surface area contributed by atoms with Crippen LogP contribution in [-0.4, -0.2) is 48.8 Å². The number of aromatic nitrogens is 5. The largest absolute Gasteiger partial charge is 0.376 e. The van der Waals surface area contributed by atoms with Gasteiger partial charge in [-0.1, -0.05) is 44.2 Å². The summed E-state index contributed by atoms with van der Waals surface area (Å²) < 4.78 is 7.84. The minimum Gasteiger partial charge on any atom is -0.376 e. The number of ether oxygens (including phenoxy) is 1. The third-order valence-electron chi connectivity index (χ3n) is 7.69. The molecule has 3 aromatic rings. The highest BCUT2D eigenvalue weighted by Crippen LogP contribution is 2.34. The lowest BCUT2D eigenvalue weighted by Crippen LogP contribution is -2.41. The van der Waals surface area contributed by atoms with Gasteiger partial charge >= 0.3 is 0 Å². The highest BCUT2D eigenvalue weighted by Gasteiger charge is 2.33. The van der Waals surface area contributed by atoms with Crippen LogP contribution in [0.2, 0.25) is 0 Å². The Morgan fingerprint density at radius 3 is 2.80 bits per heavy atom. The summed E-state index contributed by atoms with van der Waals surface area (Å²) >= 11 is 0. The molecule has 3 heterocycles. The number of rotatable bonds is 9. The standard InChI is InChI=1S/C27H38N6O2/c1-3-8-25(26-29-30-31-33(26)18-23-11-7-14-35-23)32(22-9-5-4-6-10-22)17-21-16-20-15-19(2)12-13-24(20)28-27(21)34/h12-13,15-16,22-23,25H,3-11,14,17-18H2,1-2H3,(H,28,34)/t23-,25-/m1/s1. The van der Waals surface area contributed by atoms with Crippen LogP contribution in [0.5, 0.6) is 0 Å². The zero-order chi connectivity index (χ0) is 24.2. The van der Waals surface area contributed by atoms with Crippen LogP contribution in [-0.2, 0) is 17.8 Å². The van der Waals surface area contributed by atoms with Crippen LogP contribution in [0.4, 0.5) is 0 Å². The topological polar surface area (TPSA) is 88.9 Å². The molecule has 1 aliphatic heterocycles. The van der Waals surface area contributed by atoms with Crippen molar-refractivity contribution in [2.75, 3.05) is 6.61 Å². The third-order valence-corrected chi connectivity index (χ3v) is 7.69. The van der Waals surface area contributed by atoms with Crippen molar-refractivity contribution in [1.29, 1.82) is 0 Å². The third kappa shape index (κ3) is 5.48. The monoisotopic (exact) mass is 478 g/mol. The second-order valence-corrected chi connectivity index (χ2v) is 10.3. The normalized spacial score (nSPS) is 20.1. The molecular formula is C27H38N6O2. The van der Waals surface area contributed by atoms with Crippen LogP contribution in [0.1, 0.15) is 87.7 Å². The summed E-state index contributed by atoms with van der Waals surface area (Å²) in [5, 5.41) is 14.1. The number of aryl methyl sites for hydroxylation is 1. The van der Waals surface area contributed by atoms with Crippen molar-refractivity contribution in [3.05, 3.63) is 51.6 Å². The molecule has 2 aliphatic rings. The number of tetrazole rings is 1. The first-order chi connectivity index (χ1) is 17.1. The van der Waals surface area contributed by atoms with Crippen molar-refractivity contribution >= 4 is 10.9 Å². The Balaban J connectivity index is 1.50. The average Bonchev–Trinajstić information content (AvgIpc) is 3.55. The number of nitrogens with one attached hydrogen (secondary N) is 1. The summed E-state index contributed by atoms with van der Waals surface area (Å²) in [5.74, 6) is 0.904. The highest BCUT2D eigenvalue weighted by molar-refractivity contribution is 5.79. The summed E-state index contributed by atoms with van der Waals surface area (Å²) in [4.78, 5) is 18.8. The number of fused-ring (bicyclic) bond motifs is 1. The molecule has 2 aromatic heterocycles. The molecule has 1 aliphatic carbocycles. The number of H-pyrrole nitrogens is 1. The van der Waals surface area contributed by atoms with Crippen LogP contribution in [0.15, 0.2) is 29.1 Å². The lowest BCUT2D eigenvalue weighted by molar-refractivity contribution is 0.0713. The minimum absolute atomic E-state index is 0.00337. The molecule has 0 radical (unpaired) electrons. The lowest BCUT2D eigenvalue weighted by Gasteiger charge is -2.39. The van der Waals surface area contributed by atoms with E-state index in [9.17, 15) is 4.79 Å². The molecular weight excluding hydrogens is 440 g/mol. The maximum absolute atomic E-state index is 13.2. The molecule has 2 fully saturated rings.